The average molecular weight is 298 g/mol. The van der Waals surface area contributed by atoms with Crippen LogP contribution < -0.4 is 10.6 Å². The molecule has 0 radical (unpaired) electrons. The summed E-state index contributed by atoms with van der Waals surface area (Å²) in [6.45, 7) is 5.41. The minimum absolute atomic E-state index is 0.0600. The lowest BCUT2D eigenvalue weighted by atomic mass is 9.84. The van der Waals surface area contributed by atoms with Crippen LogP contribution in [0.15, 0.2) is 0 Å². The van der Waals surface area contributed by atoms with Gasteiger partial charge in [-0.15, -0.1) is 0 Å². The van der Waals surface area contributed by atoms with Crippen molar-refractivity contribution >= 4 is 12.0 Å². The SMILES string of the molecule is CC(C)(CCNC(=O)NCCC1CCCC1)CCC(=O)O. The Kier molecular flexibility index (Phi) is 7.54. The van der Waals surface area contributed by atoms with Crippen molar-refractivity contribution in [1.29, 1.82) is 0 Å². The summed E-state index contributed by atoms with van der Waals surface area (Å²) in [4.78, 5) is 22.2. The molecule has 1 aliphatic carbocycles. The van der Waals surface area contributed by atoms with Gasteiger partial charge < -0.3 is 15.7 Å². The second kappa shape index (κ2) is 8.90. The molecular formula is C16H30N2O3. The third-order valence-electron chi connectivity index (χ3n) is 4.42. The standard InChI is InChI=1S/C16H30N2O3/c1-16(2,9-7-14(19)20)10-12-18-15(21)17-11-8-13-5-3-4-6-13/h13H,3-12H2,1-2H3,(H,19,20)(H2,17,18,21). The quantitative estimate of drug-likeness (QED) is 0.612. The maximum Gasteiger partial charge on any atom is 0.314 e. The minimum atomic E-state index is -0.763. The van der Waals surface area contributed by atoms with Crippen LogP contribution in [0, 0.1) is 11.3 Å². The molecule has 2 amide bonds. The Labute approximate surface area is 127 Å². The van der Waals surface area contributed by atoms with Crippen molar-refractivity contribution in [3.05, 3.63) is 0 Å². The van der Waals surface area contributed by atoms with Gasteiger partial charge in [0.15, 0.2) is 0 Å². The highest BCUT2D eigenvalue weighted by Crippen LogP contribution is 2.27. The monoisotopic (exact) mass is 298 g/mol. The molecule has 0 spiro atoms. The lowest BCUT2D eigenvalue weighted by molar-refractivity contribution is -0.137. The molecule has 1 fully saturated rings. The first-order valence-corrected chi connectivity index (χ1v) is 8.12. The zero-order chi connectivity index (χ0) is 15.7. The van der Waals surface area contributed by atoms with Gasteiger partial charge in [-0.05, 0) is 30.6 Å². The summed E-state index contributed by atoms with van der Waals surface area (Å²) in [6.07, 6.45) is 7.97. The van der Waals surface area contributed by atoms with Crippen molar-refractivity contribution in [3.63, 3.8) is 0 Å². The van der Waals surface area contributed by atoms with Gasteiger partial charge in [-0.1, -0.05) is 39.5 Å². The van der Waals surface area contributed by atoms with Crippen LogP contribution in [0.2, 0.25) is 0 Å². The number of amides is 2. The first kappa shape index (κ1) is 17.8. The number of rotatable bonds is 9. The lowest BCUT2D eigenvalue weighted by Gasteiger charge is -2.23. The fraction of sp³-hybridized carbons (Fsp3) is 0.875. The first-order chi connectivity index (χ1) is 9.89. The number of carboxylic acids is 1. The number of carbonyl (C=O) groups is 2. The van der Waals surface area contributed by atoms with Crippen LogP contribution in [-0.2, 0) is 4.79 Å². The van der Waals surface area contributed by atoms with Crippen LogP contribution in [-0.4, -0.2) is 30.2 Å². The highest BCUT2D eigenvalue weighted by atomic mass is 16.4. The van der Waals surface area contributed by atoms with Crippen molar-refractivity contribution in [1.82, 2.24) is 10.6 Å². The van der Waals surface area contributed by atoms with E-state index in [4.69, 9.17) is 5.11 Å². The summed E-state index contributed by atoms with van der Waals surface area (Å²) in [6, 6.07) is -0.109. The molecule has 1 rings (SSSR count). The summed E-state index contributed by atoms with van der Waals surface area (Å²) in [5.41, 5.74) is -0.0600. The smallest absolute Gasteiger partial charge is 0.314 e. The predicted molar refractivity (Wildman–Crippen MR) is 83.2 cm³/mol. The molecule has 0 aromatic rings. The van der Waals surface area contributed by atoms with E-state index in [0.717, 1.165) is 25.3 Å². The molecule has 0 heterocycles. The summed E-state index contributed by atoms with van der Waals surface area (Å²) in [5.74, 6) is 0.0286. The fourth-order valence-corrected chi connectivity index (χ4v) is 2.84. The molecule has 0 atom stereocenters. The van der Waals surface area contributed by atoms with E-state index >= 15 is 0 Å². The van der Waals surface area contributed by atoms with Crippen molar-refractivity contribution < 1.29 is 14.7 Å². The van der Waals surface area contributed by atoms with Gasteiger partial charge in [0.1, 0.15) is 0 Å². The van der Waals surface area contributed by atoms with Crippen molar-refractivity contribution in [2.24, 2.45) is 11.3 Å². The number of hydrogen-bond donors (Lipinski definition) is 3. The van der Waals surface area contributed by atoms with E-state index in [1.807, 2.05) is 13.8 Å². The van der Waals surface area contributed by atoms with Gasteiger partial charge in [-0.25, -0.2) is 4.79 Å². The molecular weight excluding hydrogens is 268 g/mol. The molecule has 0 aromatic carbocycles. The molecule has 5 nitrogen and oxygen atoms in total. The molecule has 0 saturated heterocycles. The first-order valence-electron chi connectivity index (χ1n) is 8.12. The Hall–Kier alpha value is -1.26. The largest absolute Gasteiger partial charge is 0.481 e. The van der Waals surface area contributed by atoms with Gasteiger partial charge >= 0.3 is 12.0 Å². The van der Waals surface area contributed by atoms with Crippen molar-refractivity contribution in [3.8, 4) is 0 Å². The van der Waals surface area contributed by atoms with Crippen LogP contribution in [0.3, 0.4) is 0 Å². The minimum Gasteiger partial charge on any atom is -0.481 e. The Morgan fingerprint density at radius 3 is 2.33 bits per heavy atom. The number of carboxylic acid groups (broad SMARTS) is 1. The number of hydrogen-bond acceptors (Lipinski definition) is 2. The van der Waals surface area contributed by atoms with E-state index in [9.17, 15) is 9.59 Å². The summed E-state index contributed by atoms with van der Waals surface area (Å²) in [7, 11) is 0. The van der Waals surface area contributed by atoms with E-state index in [1.165, 1.54) is 25.7 Å². The van der Waals surface area contributed by atoms with Gasteiger partial charge in [0.25, 0.3) is 0 Å². The van der Waals surface area contributed by atoms with Crippen molar-refractivity contribution in [2.75, 3.05) is 13.1 Å². The maximum absolute atomic E-state index is 11.7. The second-order valence-electron chi connectivity index (χ2n) is 6.93. The third-order valence-corrected chi connectivity index (χ3v) is 4.42. The number of carbonyl (C=O) groups excluding carboxylic acids is 1. The van der Waals surface area contributed by atoms with Gasteiger partial charge in [0, 0.05) is 19.5 Å². The van der Waals surface area contributed by atoms with E-state index < -0.39 is 5.97 Å². The van der Waals surface area contributed by atoms with E-state index in [0.29, 0.717) is 13.0 Å². The average Bonchev–Trinajstić information content (AvgIpc) is 2.89. The van der Waals surface area contributed by atoms with Crippen LogP contribution in [0.4, 0.5) is 4.79 Å². The van der Waals surface area contributed by atoms with Crippen LogP contribution >= 0.6 is 0 Å². The number of urea groups is 1. The van der Waals surface area contributed by atoms with Gasteiger partial charge in [0.05, 0.1) is 0 Å². The summed E-state index contributed by atoms with van der Waals surface area (Å²) in [5, 5.41) is 14.5. The molecule has 5 heteroatoms. The Balaban J connectivity index is 2.04. The van der Waals surface area contributed by atoms with Crippen LogP contribution in [0.25, 0.3) is 0 Å². The normalized spacial score (nSPS) is 15.9. The molecule has 1 saturated carbocycles. The fourth-order valence-electron chi connectivity index (χ4n) is 2.84. The van der Waals surface area contributed by atoms with Crippen LogP contribution in [0.1, 0.15) is 65.2 Å². The van der Waals surface area contributed by atoms with Gasteiger partial charge in [-0.2, -0.15) is 0 Å². The Morgan fingerprint density at radius 2 is 1.71 bits per heavy atom. The molecule has 122 valence electrons. The van der Waals surface area contributed by atoms with Crippen molar-refractivity contribution in [2.45, 2.75) is 65.2 Å². The Morgan fingerprint density at radius 1 is 1.10 bits per heavy atom. The topological polar surface area (TPSA) is 78.4 Å². The zero-order valence-electron chi connectivity index (χ0n) is 13.4. The molecule has 1 aliphatic rings. The van der Waals surface area contributed by atoms with E-state index in [2.05, 4.69) is 10.6 Å². The molecule has 3 N–H and O–H groups in total. The molecule has 0 bridgehead atoms. The summed E-state index contributed by atoms with van der Waals surface area (Å²) < 4.78 is 0. The number of nitrogens with one attached hydrogen (secondary N) is 2. The maximum atomic E-state index is 11.7. The molecule has 0 aliphatic heterocycles. The lowest BCUT2D eigenvalue weighted by Crippen LogP contribution is -2.38. The molecule has 21 heavy (non-hydrogen) atoms. The highest BCUT2D eigenvalue weighted by molar-refractivity contribution is 5.73. The van der Waals surface area contributed by atoms with Gasteiger partial charge in [-0.3, -0.25) is 4.79 Å². The van der Waals surface area contributed by atoms with Gasteiger partial charge in [0.2, 0.25) is 0 Å². The predicted octanol–water partition coefficient (Wildman–Crippen LogP) is 3.15. The zero-order valence-corrected chi connectivity index (χ0v) is 13.4. The second-order valence-corrected chi connectivity index (χ2v) is 6.93. The van der Waals surface area contributed by atoms with E-state index in [-0.39, 0.29) is 17.9 Å². The molecule has 0 unspecified atom stereocenters. The molecule has 0 aromatic heterocycles. The third kappa shape index (κ3) is 8.58. The summed E-state index contributed by atoms with van der Waals surface area (Å²) >= 11 is 0. The highest BCUT2D eigenvalue weighted by Gasteiger charge is 2.19. The Bertz CT molecular complexity index is 336. The van der Waals surface area contributed by atoms with Crippen LogP contribution in [0.5, 0.6) is 0 Å². The van der Waals surface area contributed by atoms with E-state index in [1.54, 1.807) is 0 Å². The number of aliphatic carboxylic acids is 1.